The van der Waals surface area contributed by atoms with Gasteiger partial charge in [0.2, 0.25) is 0 Å². The number of aromatic nitrogens is 1. The van der Waals surface area contributed by atoms with Crippen LogP contribution < -0.4 is 10.3 Å². The largest absolute Gasteiger partial charge is 0.491 e. The molecule has 0 bridgehead atoms. The van der Waals surface area contributed by atoms with Crippen LogP contribution in [0.4, 0.5) is 0 Å². The van der Waals surface area contributed by atoms with Gasteiger partial charge in [0.05, 0.1) is 23.6 Å². The molecule has 2 aromatic rings. The molecule has 0 spiro atoms. The van der Waals surface area contributed by atoms with Crippen molar-refractivity contribution in [2.45, 2.75) is 31.6 Å². The fourth-order valence-electron chi connectivity index (χ4n) is 3.19. The van der Waals surface area contributed by atoms with Crippen molar-refractivity contribution in [3.63, 3.8) is 0 Å². The van der Waals surface area contributed by atoms with E-state index in [-0.39, 0.29) is 11.4 Å². The average Bonchev–Trinajstić information content (AvgIpc) is 3.02. The number of fused-ring (bicyclic) bond motifs is 1. The number of hydrogen-bond acceptors (Lipinski definition) is 2. The topological polar surface area (TPSA) is 31.2 Å². The van der Waals surface area contributed by atoms with Crippen LogP contribution in [0.2, 0.25) is 5.02 Å². The normalized spacial score (nSPS) is 15.6. The predicted molar refractivity (Wildman–Crippen MR) is 91.2 cm³/mol. The van der Waals surface area contributed by atoms with Gasteiger partial charge in [-0.25, -0.2) is 0 Å². The van der Waals surface area contributed by atoms with Crippen LogP contribution in [0.5, 0.6) is 5.75 Å². The number of pyridine rings is 1. The van der Waals surface area contributed by atoms with Gasteiger partial charge in [0.15, 0.2) is 0 Å². The van der Waals surface area contributed by atoms with Gasteiger partial charge >= 0.3 is 0 Å². The lowest BCUT2D eigenvalue weighted by Crippen LogP contribution is -2.22. The maximum absolute atomic E-state index is 12.4. The fourth-order valence-corrected chi connectivity index (χ4v) is 3.66. The van der Waals surface area contributed by atoms with Gasteiger partial charge in [-0.3, -0.25) is 4.79 Å². The summed E-state index contributed by atoms with van der Waals surface area (Å²) >= 11 is 12.2. The molecule has 1 saturated carbocycles. The first-order chi connectivity index (χ1) is 10.6. The molecule has 0 saturated heterocycles. The summed E-state index contributed by atoms with van der Waals surface area (Å²) in [7, 11) is 1.73. The Kier molecular flexibility index (Phi) is 4.65. The lowest BCUT2D eigenvalue weighted by Gasteiger charge is -2.18. The molecule has 1 aromatic heterocycles. The molecule has 118 valence electrons. The van der Waals surface area contributed by atoms with Crippen molar-refractivity contribution in [2.24, 2.45) is 13.0 Å². The Morgan fingerprint density at radius 3 is 2.68 bits per heavy atom. The average molecular weight is 340 g/mol. The van der Waals surface area contributed by atoms with Gasteiger partial charge in [-0.1, -0.05) is 24.4 Å². The van der Waals surface area contributed by atoms with Crippen molar-refractivity contribution >= 4 is 34.0 Å². The van der Waals surface area contributed by atoms with E-state index in [1.54, 1.807) is 29.8 Å². The molecule has 0 aliphatic heterocycles. The van der Waals surface area contributed by atoms with E-state index in [0.717, 1.165) is 5.39 Å². The van der Waals surface area contributed by atoms with Crippen LogP contribution in [0.25, 0.3) is 10.8 Å². The summed E-state index contributed by atoms with van der Waals surface area (Å²) in [4.78, 5) is 12.4. The van der Waals surface area contributed by atoms with Crippen molar-refractivity contribution in [3.8, 4) is 5.75 Å². The van der Waals surface area contributed by atoms with Crippen molar-refractivity contribution in [1.82, 2.24) is 4.57 Å². The minimum absolute atomic E-state index is 0.0736. The third kappa shape index (κ3) is 2.84. The Bertz CT molecular complexity index is 748. The molecule has 3 nitrogen and oxygen atoms in total. The van der Waals surface area contributed by atoms with Gasteiger partial charge in [0.1, 0.15) is 5.75 Å². The molecule has 0 unspecified atom stereocenters. The van der Waals surface area contributed by atoms with Crippen molar-refractivity contribution in [2.75, 3.05) is 6.61 Å². The zero-order valence-electron chi connectivity index (χ0n) is 12.6. The summed E-state index contributed by atoms with van der Waals surface area (Å²) in [6.07, 6.45) is 4.97. The maximum Gasteiger partial charge on any atom is 0.258 e. The molecular formula is C17H19Cl2NO2. The molecule has 1 heterocycles. The van der Waals surface area contributed by atoms with Crippen LogP contribution in [0, 0.1) is 5.92 Å². The van der Waals surface area contributed by atoms with Crippen molar-refractivity contribution < 1.29 is 4.74 Å². The number of benzene rings is 1. The molecule has 1 aliphatic rings. The molecule has 0 N–H and O–H groups in total. The van der Waals surface area contributed by atoms with Crippen LogP contribution in [-0.4, -0.2) is 11.2 Å². The number of ether oxygens (including phenoxy) is 1. The highest BCUT2D eigenvalue weighted by Crippen LogP contribution is 2.32. The highest BCUT2D eigenvalue weighted by molar-refractivity contribution is 6.31. The third-order valence-corrected chi connectivity index (χ3v) is 4.98. The molecular weight excluding hydrogens is 321 g/mol. The molecule has 0 amide bonds. The minimum Gasteiger partial charge on any atom is -0.491 e. The van der Waals surface area contributed by atoms with E-state index in [0.29, 0.717) is 34.4 Å². The molecule has 0 radical (unpaired) electrons. The fraction of sp³-hybridized carbons (Fsp3) is 0.471. The summed E-state index contributed by atoms with van der Waals surface area (Å²) in [5.74, 6) is 1.52. The molecule has 1 aromatic carbocycles. The lowest BCUT2D eigenvalue weighted by atomic mass is 10.1. The third-order valence-electron chi connectivity index (χ3n) is 4.49. The second-order valence-electron chi connectivity index (χ2n) is 5.93. The first-order valence-corrected chi connectivity index (χ1v) is 8.53. The highest BCUT2D eigenvalue weighted by atomic mass is 35.5. The van der Waals surface area contributed by atoms with Crippen LogP contribution in [0.15, 0.2) is 23.0 Å². The predicted octanol–water partition coefficient (Wildman–Crippen LogP) is 4.50. The number of nitrogens with zero attached hydrogens (tertiary/aromatic N) is 1. The van der Waals surface area contributed by atoms with E-state index in [2.05, 4.69) is 0 Å². The van der Waals surface area contributed by atoms with Gasteiger partial charge in [0, 0.05) is 17.5 Å². The first-order valence-electron chi connectivity index (χ1n) is 7.61. The van der Waals surface area contributed by atoms with Gasteiger partial charge in [-0.15, -0.1) is 11.6 Å². The van der Waals surface area contributed by atoms with Crippen molar-refractivity contribution in [1.29, 1.82) is 0 Å². The molecule has 3 rings (SSSR count). The summed E-state index contributed by atoms with van der Waals surface area (Å²) in [6, 6.07) is 5.27. The Labute approximate surface area is 139 Å². The van der Waals surface area contributed by atoms with Gasteiger partial charge in [0.25, 0.3) is 5.56 Å². The number of alkyl halides is 1. The van der Waals surface area contributed by atoms with Crippen molar-refractivity contribution in [3.05, 3.63) is 39.3 Å². The number of halogens is 2. The highest BCUT2D eigenvalue weighted by Gasteiger charge is 2.20. The zero-order chi connectivity index (χ0) is 15.7. The second kappa shape index (κ2) is 6.51. The summed E-state index contributed by atoms with van der Waals surface area (Å²) in [5, 5.41) is 1.96. The van der Waals surface area contributed by atoms with E-state index < -0.39 is 0 Å². The second-order valence-corrected chi connectivity index (χ2v) is 6.63. The number of hydrogen-bond donors (Lipinski definition) is 0. The van der Waals surface area contributed by atoms with Gasteiger partial charge in [-0.05, 0) is 37.0 Å². The Morgan fingerprint density at radius 1 is 1.27 bits per heavy atom. The monoisotopic (exact) mass is 339 g/mol. The van der Waals surface area contributed by atoms with Gasteiger partial charge < -0.3 is 9.30 Å². The minimum atomic E-state index is -0.0736. The van der Waals surface area contributed by atoms with Crippen LogP contribution >= 0.6 is 23.2 Å². The van der Waals surface area contributed by atoms with Crippen LogP contribution in [0.1, 0.15) is 31.4 Å². The van der Waals surface area contributed by atoms with E-state index >= 15 is 0 Å². The quantitative estimate of drug-likeness (QED) is 0.768. The Morgan fingerprint density at radius 2 is 2.00 bits per heavy atom. The van der Waals surface area contributed by atoms with E-state index in [1.165, 1.54) is 25.7 Å². The molecule has 1 aliphatic carbocycles. The lowest BCUT2D eigenvalue weighted by molar-refractivity contribution is 0.251. The van der Waals surface area contributed by atoms with Crippen LogP contribution in [0.3, 0.4) is 0 Å². The van der Waals surface area contributed by atoms with E-state index in [4.69, 9.17) is 27.9 Å². The van der Waals surface area contributed by atoms with Crippen LogP contribution in [-0.2, 0) is 12.9 Å². The Balaban J connectivity index is 2.10. The SMILES string of the molecule is Cn1c(CCl)c(OCC2CCCC2)c2cc(Cl)ccc2c1=O. The standard InChI is InChI=1S/C17H19Cl2NO2/c1-20-15(9-18)16(22-10-11-4-2-3-5-11)14-8-12(19)6-7-13(14)17(20)21/h6-8,11H,2-5,9-10H2,1H3. The first kappa shape index (κ1) is 15.7. The number of rotatable bonds is 4. The molecule has 0 atom stereocenters. The molecule has 5 heteroatoms. The zero-order valence-corrected chi connectivity index (χ0v) is 14.1. The van der Waals surface area contributed by atoms with E-state index in [9.17, 15) is 4.79 Å². The molecule has 1 fully saturated rings. The molecule has 22 heavy (non-hydrogen) atoms. The smallest absolute Gasteiger partial charge is 0.258 e. The summed E-state index contributed by atoms with van der Waals surface area (Å²) in [6.45, 7) is 0.670. The Hall–Kier alpha value is -1.19. The summed E-state index contributed by atoms with van der Waals surface area (Å²) < 4.78 is 7.69. The maximum atomic E-state index is 12.4. The van der Waals surface area contributed by atoms with Gasteiger partial charge in [-0.2, -0.15) is 0 Å². The van der Waals surface area contributed by atoms with E-state index in [1.807, 2.05) is 0 Å². The summed E-state index contributed by atoms with van der Waals surface area (Å²) in [5.41, 5.74) is 0.634.